The number of sulfonamides is 1. The predicted octanol–water partition coefficient (Wildman–Crippen LogP) is 6.48. The highest BCUT2D eigenvalue weighted by atomic mass is 79.9. The van der Waals surface area contributed by atoms with E-state index in [-0.39, 0.29) is 43.8 Å². The molecule has 1 N–H and O–H groups in total. The minimum absolute atomic E-state index is 0.0708. The second-order valence-electron chi connectivity index (χ2n) is 11.5. The van der Waals surface area contributed by atoms with Gasteiger partial charge in [0.25, 0.3) is 0 Å². The molecule has 0 radical (unpaired) electrons. The van der Waals surface area contributed by atoms with Gasteiger partial charge in [0.15, 0.2) is 0 Å². The number of hydrogen-bond donors (Lipinski definition) is 1. The average Bonchev–Trinajstić information content (AvgIpc) is 3.03. The molecule has 1 fully saturated rings. The molecule has 2 amide bonds. The summed E-state index contributed by atoms with van der Waals surface area (Å²) in [4.78, 5) is 29.8. The number of para-hydroxylation sites is 2. The van der Waals surface area contributed by atoms with Crippen LogP contribution >= 0.6 is 15.9 Å². The number of rotatable bonds is 15. The smallest absolute Gasteiger partial charge is 0.243 e. The van der Waals surface area contributed by atoms with Crippen molar-refractivity contribution in [3.8, 4) is 5.75 Å². The molecule has 0 unspecified atom stereocenters. The van der Waals surface area contributed by atoms with Gasteiger partial charge >= 0.3 is 0 Å². The first kappa shape index (κ1) is 34.5. The monoisotopic (exact) mass is 697 g/mol. The van der Waals surface area contributed by atoms with Crippen molar-refractivity contribution >= 4 is 43.5 Å². The molecule has 0 spiro atoms. The van der Waals surface area contributed by atoms with Crippen LogP contribution in [0.15, 0.2) is 83.3 Å². The van der Waals surface area contributed by atoms with E-state index in [1.807, 2.05) is 61.5 Å². The summed E-state index contributed by atoms with van der Waals surface area (Å²) in [5.74, 6) is 0.111. The van der Waals surface area contributed by atoms with Crippen LogP contribution in [0.2, 0.25) is 0 Å². The second kappa shape index (κ2) is 16.8. The highest BCUT2D eigenvalue weighted by Crippen LogP contribution is 2.30. The molecular weight excluding hydrogens is 654 g/mol. The summed E-state index contributed by atoms with van der Waals surface area (Å²) in [6.07, 6.45) is 7.09. The maximum Gasteiger partial charge on any atom is 0.243 e. The SMILES string of the molecule is CCOc1ccccc1N(CCCC(=O)N(Cc1ccc(Br)cc1)[C@H](Cc1ccccc1)C(=O)NC1CCCCC1)S(C)(=O)=O. The number of anilines is 1. The molecule has 242 valence electrons. The lowest BCUT2D eigenvalue weighted by Crippen LogP contribution is -2.52. The zero-order chi connectivity index (χ0) is 32.2. The zero-order valence-electron chi connectivity index (χ0n) is 26.2. The molecule has 0 aliphatic heterocycles. The van der Waals surface area contributed by atoms with Crippen molar-refractivity contribution in [2.24, 2.45) is 0 Å². The number of halogens is 1. The summed E-state index contributed by atoms with van der Waals surface area (Å²) in [5.41, 5.74) is 2.30. The van der Waals surface area contributed by atoms with Gasteiger partial charge in [-0.3, -0.25) is 13.9 Å². The average molecular weight is 699 g/mol. The molecule has 0 heterocycles. The molecule has 45 heavy (non-hydrogen) atoms. The Kier molecular flexibility index (Phi) is 12.9. The lowest BCUT2D eigenvalue weighted by molar-refractivity contribution is -0.141. The van der Waals surface area contributed by atoms with Gasteiger partial charge in [0.2, 0.25) is 21.8 Å². The minimum Gasteiger partial charge on any atom is -0.492 e. The molecule has 10 heteroatoms. The lowest BCUT2D eigenvalue weighted by Gasteiger charge is -2.34. The third-order valence-corrected chi connectivity index (χ3v) is 9.78. The zero-order valence-corrected chi connectivity index (χ0v) is 28.6. The number of carbonyl (C=O) groups is 2. The summed E-state index contributed by atoms with van der Waals surface area (Å²) < 4.78 is 33.7. The van der Waals surface area contributed by atoms with Gasteiger partial charge < -0.3 is 15.0 Å². The van der Waals surface area contributed by atoms with Crippen LogP contribution in [-0.2, 0) is 32.6 Å². The molecule has 8 nitrogen and oxygen atoms in total. The van der Waals surface area contributed by atoms with E-state index in [0.29, 0.717) is 24.5 Å². The van der Waals surface area contributed by atoms with E-state index in [4.69, 9.17) is 4.74 Å². The molecule has 1 aliphatic rings. The standard InChI is InChI=1S/C35H44BrN3O5S/c1-3-44-33-18-11-10-17-31(33)39(45(2,42)43)24-12-19-34(40)38(26-28-20-22-29(36)23-21-28)32(25-27-13-6-4-7-14-27)35(41)37-30-15-8-5-9-16-30/h4,6-7,10-11,13-14,17-18,20-23,30,32H,3,5,8-9,12,15-16,19,24-26H2,1-2H3,(H,37,41)/t32-/m1/s1. The van der Waals surface area contributed by atoms with Crippen molar-refractivity contribution in [2.75, 3.05) is 23.7 Å². The molecular formula is C35H44BrN3O5S. The van der Waals surface area contributed by atoms with Gasteiger partial charge in [0, 0.05) is 36.4 Å². The van der Waals surface area contributed by atoms with Crippen molar-refractivity contribution in [1.82, 2.24) is 10.2 Å². The number of benzene rings is 3. The molecule has 0 aromatic heterocycles. The second-order valence-corrected chi connectivity index (χ2v) is 14.4. The summed E-state index contributed by atoms with van der Waals surface area (Å²) >= 11 is 3.48. The van der Waals surface area contributed by atoms with E-state index in [1.54, 1.807) is 29.2 Å². The van der Waals surface area contributed by atoms with Crippen molar-refractivity contribution in [3.05, 3.63) is 94.5 Å². The third-order valence-electron chi connectivity index (χ3n) is 8.07. The highest BCUT2D eigenvalue weighted by molar-refractivity contribution is 9.10. The van der Waals surface area contributed by atoms with Gasteiger partial charge in [0.1, 0.15) is 11.8 Å². The van der Waals surface area contributed by atoms with Crippen LogP contribution in [0.1, 0.15) is 63.0 Å². The Morgan fingerprint density at radius 1 is 0.933 bits per heavy atom. The van der Waals surface area contributed by atoms with E-state index in [2.05, 4.69) is 21.2 Å². The third kappa shape index (κ3) is 10.3. The highest BCUT2D eigenvalue weighted by Gasteiger charge is 2.32. The topological polar surface area (TPSA) is 96.0 Å². The Hall–Kier alpha value is -3.37. The fourth-order valence-electron chi connectivity index (χ4n) is 5.81. The Morgan fingerprint density at radius 2 is 1.60 bits per heavy atom. The molecule has 3 aromatic rings. The molecule has 3 aromatic carbocycles. The Bertz CT molecular complexity index is 1500. The molecule has 1 atom stereocenters. The van der Waals surface area contributed by atoms with Crippen LogP contribution in [0.4, 0.5) is 5.69 Å². The van der Waals surface area contributed by atoms with Gasteiger partial charge in [-0.1, -0.05) is 89.8 Å². The first-order valence-corrected chi connectivity index (χ1v) is 18.4. The van der Waals surface area contributed by atoms with E-state index in [1.165, 1.54) is 10.7 Å². The van der Waals surface area contributed by atoms with Crippen molar-refractivity contribution < 1.29 is 22.7 Å². The molecule has 0 bridgehead atoms. The van der Waals surface area contributed by atoms with Crippen LogP contribution in [0.3, 0.4) is 0 Å². The summed E-state index contributed by atoms with van der Waals surface area (Å²) in [5, 5.41) is 3.26. The van der Waals surface area contributed by atoms with E-state index >= 15 is 0 Å². The Balaban J connectivity index is 1.59. The van der Waals surface area contributed by atoms with Gasteiger partial charge in [0.05, 0.1) is 18.6 Å². The minimum atomic E-state index is -3.66. The Labute approximate surface area is 276 Å². The molecule has 1 aliphatic carbocycles. The van der Waals surface area contributed by atoms with Gasteiger partial charge in [-0.15, -0.1) is 0 Å². The van der Waals surface area contributed by atoms with Gasteiger partial charge in [-0.25, -0.2) is 8.42 Å². The predicted molar refractivity (Wildman–Crippen MR) is 183 cm³/mol. The quantitative estimate of drug-likeness (QED) is 0.196. The van der Waals surface area contributed by atoms with E-state index in [9.17, 15) is 18.0 Å². The molecule has 4 rings (SSSR count). The number of ether oxygens (including phenoxy) is 1. The number of amides is 2. The van der Waals surface area contributed by atoms with Crippen LogP contribution in [0.5, 0.6) is 5.75 Å². The largest absolute Gasteiger partial charge is 0.492 e. The van der Waals surface area contributed by atoms with Crippen LogP contribution in [0.25, 0.3) is 0 Å². The number of carbonyl (C=O) groups excluding carboxylic acids is 2. The van der Waals surface area contributed by atoms with Crippen LogP contribution < -0.4 is 14.4 Å². The van der Waals surface area contributed by atoms with Crippen LogP contribution in [-0.4, -0.2) is 56.6 Å². The maximum absolute atomic E-state index is 14.1. The van der Waals surface area contributed by atoms with Crippen molar-refractivity contribution in [2.45, 2.75) is 76.9 Å². The van der Waals surface area contributed by atoms with Crippen molar-refractivity contribution in [1.29, 1.82) is 0 Å². The first-order chi connectivity index (χ1) is 21.7. The normalized spacial score (nSPS) is 14.4. The van der Waals surface area contributed by atoms with E-state index < -0.39 is 16.1 Å². The van der Waals surface area contributed by atoms with E-state index in [0.717, 1.165) is 47.5 Å². The number of nitrogens with one attached hydrogen (secondary N) is 1. The fraction of sp³-hybridized carbons (Fsp3) is 0.429. The maximum atomic E-state index is 14.1. The molecule has 0 saturated heterocycles. The number of nitrogens with zero attached hydrogens (tertiary/aromatic N) is 2. The van der Waals surface area contributed by atoms with Crippen molar-refractivity contribution in [3.63, 3.8) is 0 Å². The first-order valence-electron chi connectivity index (χ1n) is 15.7. The van der Waals surface area contributed by atoms with Gasteiger partial charge in [-0.05, 0) is 61.6 Å². The lowest BCUT2D eigenvalue weighted by atomic mass is 9.94. The fourth-order valence-corrected chi connectivity index (χ4v) is 7.04. The summed E-state index contributed by atoms with van der Waals surface area (Å²) in [6, 6.07) is 23.9. The summed E-state index contributed by atoms with van der Waals surface area (Å²) in [7, 11) is -3.66. The Morgan fingerprint density at radius 3 is 2.27 bits per heavy atom. The summed E-state index contributed by atoms with van der Waals surface area (Å²) in [6.45, 7) is 2.59. The number of hydrogen-bond acceptors (Lipinski definition) is 5. The molecule has 1 saturated carbocycles. The van der Waals surface area contributed by atoms with Gasteiger partial charge in [-0.2, -0.15) is 0 Å². The van der Waals surface area contributed by atoms with Crippen LogP contribution in [0, 0.1) is 0 Å².